The number of aliphatic carboxylic acids is 1. The van der Waals surface area contributed by atoms with Gasteiger partial charge in [0.2, 0.25) is 0 Å². The molecular formula is C14H25NO5. The highest BCUT2D eigenvalue weighted by Gasteiger charge is 2.53. The van der Waals surface area contributed by atoms with E-state index in [2.05, 4.69) is 0 Å². The van der Waals surface area contributed by atoms with Gasteiger partial charge in [-0.3, -0.25) is 9.59 Å². The molecule has 0 saturated heterocycles. The van der Waals surface area contributed by atoms with Gasteiger partial charge in [0, 0.05) is 25.2 Å². The third-order valence-corrected chi connectivity index (χ3v) is 3.25. The third kappa shape index (κ3) is 4.38. The SMILES string of the molecule is CCCC(=O)[C@@](O)(CC(=O)[O-])C(C(=O)CC)[N+](C)(C)C. The number of carboxylic acids is 1. The first-order valence-corrected chi connectivity index (χ1v) is 6.80. The van der Waals surface area contributed by atoms with E-state index < -0.39 is 29.8 Å². The van der Waals surface area contributed by atoms with Crippen molar-refractivity contribution in [3.05, 3.63) is 0 Å². The van der Waals surface area contributed by atoms with Gasteiger partial charge < -0.3 is 19.5 Å². The smallest absolute Gasteiger partial charge is 0.193 e. The minimum atomic E-state index is -2.22. The van der Waals surface area contributed by atoms with Gasteiger partial charge in [-0.25, -0.2) is 0 Å². The second-order valence-corrected chi connectivity index (χ2v) is 5.98. The van der Waals surface area contributed by atoms with Crippen LogP contribution in [0, 0.1) is 0 Å². The van der Waals surface area contributed by atoms with Crippen molar-refractivity contribution < 1.29 is 29.1 Å². The fraction of sp³-hybridized carbons (Fsp3) is 0.786. The van der Waals surface area contributed by atoms with Crippen LogP contribution in [0.5, 0.6) is 0 Å². The molecular weight excluding hydrogens is 262 g/mol. The van der Waals surface area contributed by atoms with Gasteiger partial charge in [-0.15, -0.1) is 0 Å². The monoisotopic (exact) mass is 287 g/mol. The fourth-order valence-electron chi connectivity index (χ4n) is 2.54. The van der Waals surface area contributed by atoms with E-state index in [1.165, 1.54) is 0 Å². The number of Topliss-reactive ketones (excluding diaryl/α,β-unsaturated/α-hetero) is 2. The molecule has 6 heteroatoms. The van der Waals surface area contributed by atoms with E-state index in [1.54, 1.807) is 35.0 Å². The van der Waals surface area contributed by atoms with Crippen molar-refractivity contribution in [1.29, 1.82) is 0 Å². The van der Waals surface area contributed by atoms with Crippen LogP contribution in [0.4, 0.5) is 0 Å². The summed E-state index contributed by atoms with van der Waals surface area (Å²) in [4.78, 5) is 35.3. The molecule has 0 saturated carbocycles. The maximum atomic E-state index is 12.2. The van der Waals surface area contributed by atoms with Crippen molar-refractivity contribution in [2.45, 2.75) is 51.2 Å². The maximum Gasteiger partial charge on any atom is 0.193 e. The van der Waals surface area contributed by atoms with Gasteiger partial charge >= 0.3 is 0 Å². The molecule has 116 valence electrons. The fourth-order valence-corrected chi connectivity index (χ4v) is 2.54. The molecule has 1 unspecified atom stereocenters. The zero-order valence-corrected chi connectivity index (χ0v) is 12.9. The van der Waals surface area contributed by atoms with Crippen LogP contribution in [-0.4, -0.2) is 59.9 Å². The highest BCUT2D eigenvalue weighted by atomic mass is 16.4. The van der Waals surface area contributed by atoms with Gasteiger partial charge in [-0.05, 0) is 6.42 Å². The summed E-state index contributed by atoms with van der Waals surface area (Å²) in [6, 6.07) is -1.12. The van der Waals surface area contributed by atoms with Crippen LogP contribution in [0.2, 0.25) is 0 Å². The lowest BCUT2D eigenvalue weighted by Gasteiger charge is -2.42. The second kappa shape index (κ2) is 6.95. The number of nitrogens with zero attached hydrogens (tertiary/aromatic N) is 1. The van der Waals surface area contributed by atoms with E-state index in [4.69, 9.17) is 0 Å². The predicted molar refractivity (Wildman–Crippen MR) is 71.6 cm³/mol. The lowest BCUT2D eigenvalue weighted by atomic mass is 9.80. The van der Waals surface area contributed by atoms with Crippen LogP contribution in [0.3, 0.4) is 0 Å². The molecule has 0 rings (SSSR count). The van der Waals surface area contributed by atoms with E-state index in [9.17, 15) is 24.6 Å². The second-order valence-electron chi connectivity index (χ2n) is 5.98. The van der Waals surface area contributed by atoms with Crippen LogP contribution in [0.15, 0.2) is 0 Å². The Morgan fingerprint density at radius 2 is 1.70 bits per heavy atom. The average molecular weight is 287 g/mol. The Kier molecular flexibility index (Phi) is 6.50. The van der Waals surface area contributed by atoms with E-state index >= 15 is 0 Å². The van der Waals surface area contributed by atoms with Crippen LogP contribution < -0.4 is 5.11 Å². The molecule has 2 atom stereocenters. The number of hydrogen-bond donors (Lipinski definition) is 1. The van der Waals surface area contributed by atoms with Crippen molar-refractivity contribution in [1.82, 2.24) is 0 Å². The van der Waals surface area contributed by atoms with Crippen molar-refractivity contribution >= 4 is 17.5 Å². The summed E-state index contributed by atoms with van der Waals surface area (Å²) in [5.41, 5.74) is -2.22. The third-order valence-electron chi connectivity index (χ3n) is 3.25. The predicted octanol–water partition coefficient (Wildman–Crippen LogP) is -0.719. The summed E-state index contributed by atoms with van der Waals surface area (Å²) in [6.45, 7) is 3.37. The minimum Gasteiger partial charge on any atom is -0.550 e. The summed E-state index contributed by atoms with van der Waals surface area (Å²) in [6.07, 6.45) is -0.248. The first kappa shape index (κ1) is 18.7. The van der Waals surface area contributed by atoms with Crippen LogP contribution in [0.25, 0.3) is 0 Å². The van der Waals surface area contributed by atoms with Crippen LogP contribution in [0.1, 0.15) is 39.5 Å². The van der Waals surface area contributed by atoms with Crippen LogP contribution >= 0.6 is 0 Å². The lowest BCUT2D eigenvalue weighted by molar-refractivity contribution is -0.892. The number of carbonyl (C=O) groups is 3. The Labute approximate surface area is 120 Å². The lowest BCUT2D eigenvalue weighted by Crippen LogP contribution is -2.66. The molecule has 0 bridgehead atoms. The quantitative estimate of drug-likeness (QED) is 0.565. The zero-order valence-electron chi connectivity index (χ0n) is 12.9. The standard InChI is InChI=1S/C14H25NO5/c1-6-8-11(17)14(20,9-12(18)19)13(10(16)7-2)15(3,4)5/h13,20H,6-9H2,1-5H3/t13?,14-/m0/s1. The van der Waals surface area contributed by atoms with Crippen molar-refractivity contribution in [3.8, 4) is 0 Å². The van der Waals surface area contributed by atoms with Crippen molar-refractivity contribution in [2.75, 3.05) is 21.1 Å². The average Bonchev–Trinajstić information content (AvgIpc) is 2.26. The Hall–Kier alpha value is -1.27. The van der Waals surface area contributed by atoms with E-state index in [0.717, 1.165) is 0 Å². The molecule has 0 aromatic carbocycles. The molecule has 0 heterocycles. The molecule has 0 fully saturated rings. The molecule has 0 amide bonds. The number of quaternary nitrogens is 1. The Bertz CT molecular complexity index is 386. The van der Waals surface area contributed by atoms with E-state index in [-0.39, 0.29) is 23.1 Å². The van der Waals surface area contributed by atoms with Gasteiger partial charge in [0.25, 0.3) is 0 Å². The van der Waals surface area contributed by atoms with E-state index in [1.807, 2.05) is 0 Å². The Morgan fingerprint density at radius 3 is 2.00 bits per heavy atom. The van der Waals surface area contributed by atoms with Gasteiger partial charge in [0.05, 0.1) is 21.1 Å². The van der Waals surface area contributed by atoms with Crippen molar-refractivity contribution in [2.24, 2.45) is 0 Å². The molecule has 20 heavy (non-hydrogen) atoms. The number of hydrogen-bond acceptors (Lipinski definition) is 5. The summed E-state index contributed by atoms with van der Waals surface area (Å²) in [5.74, 6) is -2.51. The van der Waals surface area contributed by atoms with Gasteiger partial charge in [0.1, 0.15) is 0 Å². The molecule has 0 spiro atoms. The normalized spacial score (nSPS) is 16.3. The van der Waals surface area contributed by atoms with Crippen LogP contribution in [-0.2, 0) is 14.4 Å². The first-order chi connectivity index (χ1) is 9.00. The number of carbonyl (C=O) groups excluding carboxylic acids is 3. The molecule has 0 aromatic heterocycles. The largest absolute Gasteiger partial charge is 0.550 e. The molecule has 1 N–H and O–H groups in total. The maximum absolute atomic E-state index is 12.2. The zero-order chi connectivity index (χ0) is 16.1. The summed E-state index contributed by atoms with van der Waals surface area (Å²) in [7, 11) is 4.95. The number of likely N-dealkylation sites (N-methyl/N-ethyl adjacent to an activating group) is 1. The van der Waals surface area contributed by atoms with E-state index in [0.29, 0.717) is 6.42 Å². The highest BCUT2D eigenvalue weighted by Crippen LogP contribution is 2.27. The molecule has 0 aliphatic heterocycles. The topological polar surface area (TPSA) is 94.5 Å². The summed E-state index contributed by atoms with van der Waals surface area (Å²) < 4.78 is -0.0219. The Balaban J connectivity index is 5.83. The number of ketones is 2. The van der Waals surface area contributed by atoms with Gasteiger partial charge in [-0.2, -0.15) is 0 Å². The van der Waals surface area contributed by atoms with Gasteiger partial charge in [-0.1, -0.05) is 13.8 Å². The number of carboxylic acid groups (broad SMARTS) is 1. The highest BCUT2D eigenvalue weighted by molar-refractivity contribution is 5.98. The molecule has 0 radical (unpaired) electrons. The van der Waals surface area contributed by atoms with Crippen molar-refractivity contribution in [3.63, 3.8) is 0 Å². The number of aliphatic hydroxyl groups is 1. The molecule has 0 aromatic rings. The minimum absolute atomic E-state index is 0.0219. The Morgan fingerprint density at radius 1 is 1.20 bits per heavy atom. The van der Waals surface area contributed by atoms with Gasteiger partial charge in [0.15, 0.2) is 23.2 Å². The summed E-state index contributed by atoms with van der Waals surface area (Å²) in [5, 5.41) is 21.6. The number of rotatable bonds is 9. The first-order valence-electron chi connectivity index (χ1n) is 6.80. The summed E-state index contributed by atoms with van der Waals surface area (Å²) >= 11 is 0. The molecule has 6 nitrogen and oxygen atoms in total. The molecule has 0 aliphatic carbocycles. The molecule has 0 aliphatic rings.